The fourth-order valence-electron chi connectivity index (χ4n) is 4.17. The molecule has 1 rings (SSSR count). The van der Waals surface area contributed by atoms with E-state index in [0.717, 1.165) is 38.5 Å². The summed E-state index contributed by atoms with van der Waals surface area (Å²) in [7, 11) is 0. The molecule has 0 spiro atoms. The molecule has 1 unspecified atom stereocenters. The van der Waals surface area contributed by atoms with Crippen LogP contribution in [-0.2, 0) is 9.53 Å². The first kappa shape index (κ1) is 26.8. The summed E-state index contributed by atoms with van der Waals surface area (Å²) in [5.74, 6) is -2.61. The predicted molar refractivity (Wildman–Crippen MR) is 118 cm³/mol. The van der Waals surface area contributed by atoms with Crippen LogP contribution in [0.5, 0.6) is 0 Å². The van der Waals surface area contributed by atoms with Gasteiger partial charge in [0.25, 0.3) is 0 Å². The average molecular weight is 429 g/mol. The maximum atomic E-state index is 11.6. The van der Waals surface area contributed by atoms with E-state index in [9.17, 15) is 25.2 Å². The summed E-state index contributed by atoms with van der Waals surface area (Å²) in [6.07, 6.45) is 13.0. The average Bonchev–Trinajstić information content (AvgIpc) is 2.99. The highest BCUT2D eigenvalue weighted by Gasteiger charge is 2.52. The predicted octanol–water partition coefficient (Wildman–Crippen LogP) is 5.61. The fourth-order valence-corrected chi connectivity index (χ4v) is 4.17. The number of hydrogen-bond donors (Lipinski definition) is 4. The molecule has 3 atom stereocenters. The van der Waals surface area contributed by atoms with Crippen molar-refractivity contribution in [1.82, 2.24) is 0 Å². The summed E-state index contributed by atoms with van der Waals surface area (Å²) in [5, 5.41) is 41.8. The molecule has 6 heteroatoms. The van der Waals surface area contributed by atoms with Gasteiger partial charge in [0.1, 0.15) is 5.60 Å². The number of ether oxygens (including phenoxy) is 1. The zero-order valence-electron chi connectivity index (χ0n) is 19.1. The van der Waals surface area contributed by atoms with Gasteiger partial charge in [0.2, 0.25) is 5.76 Å². The molecule has 0 bridgehead atoms. The number of cyclic esters (lactones) is 1. The van der Waals surface area contributed by atoms with E-state index < -0.39 is 35.3 Å². The number of carbonyl (C=O) groups excluding carboxylic acids is 1. The van der Waals surface area contributed by atoms with Crippen LogP contribution in [0, 0.1) is 0 Å². The Morgan fingerprint density at radius 3 is 1.77 bits per heavy atom. The molecule has 1 aliphatic rings. The SMILES string of the molecule is CCCCCCCCCC(O)[C@@](O)(CCCCCCCCC)[C@H]1OC(=O)C(O)=C1O. The molecule has 0 amide bonds. The molecule has 0 saturated carbocycles. The standard InChI is InChI=1S/C24H44O6/c1-3-5-7-9-11-13-15-17-19(25)24(29,18-16-14-12-10-8-6-4-2)22-20(26)21(27)23(28)30-22/h19,22,25-27,29H,3-18H2,1-2H3/t19?,22-,24-/m0/s1. The first-order chi connectivity index (χ1) is 14.4. The molecule has 0 aromatic carbocycles. The first-order valence-corrected chi connectivity index (χ1v) is 12.1. The molecule has 0 aliphatic carbocycles. The van der Waals surface area contributed by atoms with Crippen LogP contribution in [0.15, 0.2) is 11.5 Å². The molecule has 0 radical (unpaired) electrons. The zero-order valence-corrected chi connectivity index (χ0v) is 19.1. The van der Waals surface area contributed by atoms with E-state index >= 15 is 0 Å². The van der Waals surface area contributed by atoms with Gasteiger partial charge in [0.15, 0.2) is 11.9 Å². The summed E-state index contributed by atoms with van der Waals surface area (Å²) in [5.41, 5.74) is -1.80. The molecular weight excluding hydrogens is 384 g/mol. The Morgan fingerprint density at radius 1 is 0.833 bits per heavy atom. The molecule has 1 heterocycles. The minimum absolute atomic E-state index is 0.202. The van der Waals surface area contributed by atoms with E-state index in [1.807, 2.05) is 0 Å². The molecule has 0 aromatic heterocycles. The van der Waals surface area contributed by atoms with Crippen molar-refractivity contribution in [3.8, 4) is 0 Å². The third-order valence-electron chi connectivity index (χ3n) is 6.20. The van der Waals surface area contributed by atoms with E-state index in [4.69, 9.17) is 4.74 Å². The van der Waals surface area contributed by atoms with Gasteiger partial charge in [-0.3, -0.25) is 0 Å². The molecule has 0 saturated heterocycles. The van der Waals surface area contributed by atoms with Gasteiger partial charge in [-0.2, -0.15) is 0 Å². The Morgan fingerprint density at radius 2 is 1.30 bits per heavy atom. The van der Waals surface area contributed by atoms with Crippen molar-refractivity contribution in [1.29, 1.82) is 0 Å². The summed E-state index contributed by atoms with van der Waals surface area (Å²) >= 11 is 0. The summed E-state index contributed by atoms with van der Waals surface area (Å²) in [6, 6.07) is 0. The number of aliphatic hydroxyl groups excluding tert-OH is 3. The minimum atomic E-state index is -1.80. The maximum absolute atomic E-state index is 11.6. The van der Waals surface area contributed by atoms with Crippen LogP contribution in [-0.4, -0.2) is 44.2 Å². The smallest absolute Gasteiger partial charge is 0.378 e. The van der Waals surface area contributed by atoms with Crippen molar-refractivity contribution in [3.05, 3.63) is 11.5 Å². The number of carbonyl (C=O) groups is 1. The lowest BCUT2D eigenvalue weighted by Crippen LogP contribution is -2.53. The number of unbranched alkanes of at least 4 members (excludes halogenated alkanes) is 12. The quantitative estimate of drug-likeness (QED) is 0.167. The first-order valence-electron chi connectivity index (χ1n) is 12.1. The highest BCUT2D eigenvalue weighted by molar-refractivity contribution is 5.89. The lowest BCUT2D eigenvalue weighted by Gasteiger charge is -2.37. The van der Waals surface area contributed by atoms with Gasteiger partial charge in [-0.1, -0.05) is 104 Å². The second kappa shape index (κ2) is 14.7. The molecule has 0 fully saturated rings. The molecule has 1 aliphatic heterocycles. The zero-order chi connectivity index (χ0) is 22.4. The lowest BCUT2D eigenvalue weighted by atomic mass is 9.81. The van der Waals surface area contributed by atoms with Gasteiger partial charge in [-0.15, -0.1) is 0 Å². The Balaban J connectivity index is 2.58. The fraction of sp³-hybridized carbons (Fsp3) is 0.875. The second-order valence-electron chi connectivity index (χ2n) is 8.81. The van der Waals surface area contributed by atoms with Crippen LogP contribution in [0.4, 0.5) is 0 Å². The van der Waals surface area contributed by atoms with Crippen LogP contribution >= 0.6 is 0 Å². The van der Waals surface area contributed by atoms with Crippen molar-refractivity contribution >= 4 is 5.97 Å². The molecule has 0 aromatic rings. The second-order valence-corrected chi connectivity index (χ2v) is 8.81. The Kier molecular flexibility index (Phi) is 13.1. The van der Waals surface area contributed by atoms with E-state index in [-0.39, 0.29) is 6.42 Å². The maximum Gasteiger partial charge on any atom is 0.378 e. The van der Waals surface area contributed by atoms with E-state index in [0.29, 0.717) is 12.8 Å². The van der Waals surface area contributed by atoms with Crippen LogP contribution in [0.3, 0.4) is 0 Å². The van der Waals surface area contributed by atoms with Crippen molar-refractivity contribution in [3.63, 3.8) is 0 Å². The van der Waals surface area contributed by atoms with E-state index in [1.165, 1.54) is 44.9 Å². The largest absolute Gasteiger partial charge is 0.505 e. The number of esters is 1. The van der Waals surface area contributed by atoms with Gasteiger partial charge in [-0.25, -0.2) is 4.79 Å². The molecular formula is C24H44O6. The van der Waals surface area contributed by atoms with Gasteiger partial charge in [0, 0.05) is 0 Å². The lowest BCUT2D eigenvalue weighted by molar-refractivity contribution is -0.175. The van der Waals surface area contributed by atoms with Crippen LogP contribution in [0.2, 0.25) is 0 Å². The topological polar surface area (TPSA) is 107 Å². The van der Waals surface area contributed by atoms with Gasteiger partial charge < -0.3 is 25.2 Å². The van der Waals surface area contributed by atoms with E-state index in [2.05, 4.69) is 13.8 Å². The third-order valence-corrected chi connectivity index (χ3v) is 6.20. The molecule has 30 heavy (non-hydrogen) atoms. The van der Waals surface area contributed by atoms with Crippen molar-refractivity contribution in [2.24, 2.45) is 0 Å². The summed E-state index contributed by atoms with van der Waals surface area (Å²) in [6.45, 7) is 4.35. The van der Waals surface area contributed by atoms with Gasteiger partial charge in [-0.05, 0) is 12.8 Å². The van der Waals surface area contributed by atoms with Crippen molar-refractivity contribution in [2.75, 3.05) is 0 Å². The number of hydrogen-bond acceptors (Lipinski definition) is 6. The Bertz CT molecular complexity index is 518. The van der Waals surface area contributed by atoms with Crippen LogP contribution in [0.25, 0.3) is 0 Å². The highest BCUT2D eigenvalue weighted by atomic mass is 16.6. The van der Waals surface area contributed by atoms with Crippen molar-refractivity contribution < 1.29 is 30.0 Å². The minimum Gasteiger partial charge on any atom is -0.505 e. The highest BCUT2D eigenvalue weighted by Crippen LogP contribution is 2.36. The van der Waals surface area contributed by atoms with Gasteiger partial charge >= 0.3 is 5.97 Å². The normalized spacial score (nSPS) is 19.7. The van der Waals surface area contributed by atoms with Crippen LogP contribution < -0.4 is 0 Å². The summed E-state index contributed by atoms with van der Waals surface area (Å²) in [4.78, 5) is 11.6. The van der Waals surface area contributed by atoms with E-state index in [1.54, 1.807) is 0 Å². The molecule has 6 nitrogen and oxygen atoms in total. The Hall–Kier alpha value is -1.27. The third kappa shape index (κ3) is 8.46. The number of aliphatic hydroxyl groups is 4. The van der Waals surface area contributed by atoms with Crippen LogP contribution in [0.1, 0.15) is 117 Å². The Labute approximate surface area is 182 Å². The summed E-state index contributed by atoms with van der Waals surface area (Å²) < 4.78 is 5.03. The molecule has 4 N–H and O–H groups in total. The van der Waals surface area contributed by atoms with Crippen molar-refractivity contribution in [2.45, 2.75) is 134 Å². The number of rotatable bonds is 18. The molecule has 176 valence electrons. The van der Waals surface area contributed by atoms with Gasteiger partial charge in [0.05, 0.1) is 6.10 Å². The monoisotopic (exact) mass is 428 g/mol.